The van der Waals surface area contributed by atoms with Crippen LogP contribution in [0.3, 0.4) is 0 Å². The zero-order valence-corrected chi connectivity index (χ0v) is 16.4. The smallest absolute Gasteiger partial charge is 0.132 e. The van der Waals surface area contributed by atoms with E-state index in [1.807, 2.05) is 0 Å². The molecule has 4 heteroatoms. The summed E-state index contributed by atoms with van der Waals surface area (Å²) in [6.45, 7) is 9.46. The molecule has 2 aromatic rings. The predicted molar refractivity (Wildman–Crippen MR) is 108 cm³/mol. The highest BCUT2D eigenvalue weighted by Crippen LogP contribution is 2.21. The highest BCUT2D eigenvalue weighted by molar-refractivity contribution is 14.1. The number of rotatable bonds is 6. The molecule has 0 bridgehead atoms. The van der Waals surface area contributed by atoms with Crippen molar-refractivity contribution in [2.24, 2.45) is 0 Å². The molecule has 1 aliphatic rings. The third-order valence-corrected chi connectivity index (χ3v) is 5.31. The second kappa shape index (κ2) is 8.83. The fraction of sp³-hybridized carbons (Fsp3) is 0.400. The van der Waals surface area contributed by atoms with E-state index in [-0.39, 0.29) is 0 Å². The van der Waals surface area contributed by atoms with Gasteiger partial charge in [0.05, 0.1) is 3.57 Å². The Morgan fingerprint density at radius 2 is 1.67 bits per heavy atom. The number of halogens is 1. The minimum atomic E-state index is 0.762. The van der Waals surface area contributed by atoms with E-state index in [4.69, 9.17) is 4.74 Å². The van der Waals surface area contributed by atoms with Crippen LogP contribution in [-0.2, 0) is 6.54 Å². The first-order valence-corrected chi connectivity index (χ1v) is 9.66. The van der Waals surface area contributed by atoms with Gasteiger partial charge < -0.3 is 4.74 Å². The van der Waals surface area contributed by atoms with Crippen LogP contribution in [-0.4, -0.2) is 49.1 Å². The Labute approximate surface area is 158 Å². The van der Waals surface area contributed by atoms with Crippen LogP contribution in [0, 0.1) is 10.5 Å². The molecule has 24 heavy (non-hydrogen) atoms. The summed E-state index contributed by atoms with van der Waals surface area (Å²) in [7, 11) is 0. The molecule has 2 aromatic carbocycles. The van der Waals surface area contributed by atoms with Crippen molar-refractivity contribution >= 4 is 22.6 Å². The van der Waals surface area contributed by atoms with Crippen molar-refractivity contribution in [3.05, 3.63) is 63.2 Å². The molecule has 0 unspecified atom stereocenters. The molecule has 1 saturated heterocycles. The molecule has 128 valence electrons. The molecular weight excluding hydrogens is 411 g/mol. The molecule has 1 fully saturated rings. The first-order valence-electron chi connectivity index (χ1n) is 8.58. The van der Waals surface area contributed by atoms with Crippen LogP contribution in [0.1, 0.15) is 11.1 Å². The van der Waals surface area contributed by atoms with Crippen LogP contribution in [0.15, 0.2) is 48.5 Å². The Morgan fingerprint density at radius 3 is 2.38 bits per heavy atom. The zero-order chi connectivity index (χ0) is 16.8. The molecule has 3 rings (SSSR count). The van der Waals surface area contributed by atoms with Gasteiger partial charge in [0, 0.05) is 39.3 Å². The summed E-state index contributed by atoms with van der Waals surface area (Å²) in [5.74, 6) is 1.00. The summed E-state index contributed by atoms with van der Waals surface area (Å²) in [6.07, 6.45) is 0. The molecule has 0 radical (unpaired) electrons. The third kappa shape index (κ3) is 5.19. The lowest BCUT2D eigenvalue weighted by molar-refractivity contribution is 0.112. The van der Waals surface area contributed by atoms with Crippen LogP contribution >= 0.6 is 22.6 Å². The Morgan fingerprint density at radius 1 is 0.958 bits per heavy atom. The lowest BCUT2D eigenvalue weighted by Gasteiger charge is -2.34. The molecule has 1 heterocycles. The maximum Gasteiger partial charge on any atom is 0.132 e. The van der Waals surface area contributed by atoms with Crippen molar-refractivity contribution < 1.29 is 4.74 Å². The van der Waals surface area contributed by atoms with Crippen LogP contribution in [0.25, 0.3) is 0 Å². The number of ether oxygens (including phenoxy) is 1. The molecule has 0 amide bonds. The van der Waals surface area contributed by atoms with Gasteiger partial charge in [-0.15, -0.1) is 0 Å². The van der Waals surface area contributed by atoms with Gasteiger partial charge in [-0.25, -0.2) is 0 Å². The highest BCUT2D eigenvalue weighted by Gasteiger charge is 2.16. The fourth-order valence-corrected chi connectivity index (χ4v) is 3.85. The van der Waals surface area contributed by atoms with Gasteiger partial charge in [-0.05, 0) is 52.8 Å². The fourth-order valence-electron chi connectivity index (χ4n) is 3.02. The zero-order valence-electron chi connectivity index (χ0n) is 14.2. The molecule has 0 spiro atoms. The SMILES string of the molecule is Cc1ccc(OCCN2CCN(Cc3ccccc3)CC2)c(I)c1. The number of aryl methyl sites for hydroxylation is 1. The monoisotopic (exact) mass is 436 g/mol. The van der Waals surface area contributed by atoms with Crippen LogP contribution in [0.4, 0.5) is 0 Å². The number of piperazine rings is 1. The molecule has 0 atom stereocenters. The molecule has 0 aliphatic carbocycles. The Kier molecular flexibility index (Phi) is 6.51. The number of hydrogen-bond donors (Lipinski definition) is 0. The van der Waals surface area contributed by atoms with Gasteiger partial charge in [0.15, 0.2) is 0 Å². The summed E-state index contributed by atoms with van der Waals surface area (Å²) >= 11 is 2.35. The van der Waals surface area contributed by atoms with Crippen molar-refractivity contribution in [3.8, 4) is 5.75 Å². The summed E-state index contributed by atoms with van der Waals surface area (Å²) in [5.41, 5.74) is 2.68. The van der Waals surface area contributed by atoms with Gasteiger partial charge in [-0.1, -0.05) is 36.4 Å². The number of nitrogens with zero attached hydrogens (tertiary/aromatic N) is 2. The maximum absolute atomic E-state index is 5.95. The Bertz CT molecular complexity index is 639. The van der Waals surface area contributed by atoms with Crippen LogP contribution < -0.4 is 4.74 Å². The van der Waals surface area contributed by atoms with Gasteiger partial charge in [-0.2, -0.15) is 0 Å². The van der Waals surface area contributed by atoms with E-state index in [2.05, 4.69) is 87.8 Å². The van der Waals surface area contributed by atoms with Gasteiger partial charge >= 0.3 is 0 Å². The molecule has 0 N–H and O–H groups in total. The minimum Gasteiger partial charge on any atom is -0.491 e. The summed E-state index contributed by atoms with van der Waals surface area (Å²) in [5, 5.41) is 0. The second-order valence-electron chi connectivity index (χ2n) is 6.39. The first-order chi connectivity index (χ1) is 11.7. The van der Waals surface area contributed by atoms with Crippen LogP contribution in [0.2, 0.25) is 0 Å². The van der Waals surface area contributed by atoms with E-state index >= 15 is 0 Å². The third-order valence-electron chi connectivity index (χ3n) is 4.47. The van der Waals surface area contributed by atoms with Crippen LogP contribution in [0.5, 0.6) is 5.75 Å². The van der Waals surface area contributed by atoms with Gasteiger partial charge in [0.1, 0.15) is 12.4 Å². The lowest BCUT2D eigenvalue weighted by Crippen LogP contribution is -2.47. The van der Waals surface area contributed by atoms with E-state index in [0.29, 0.717) is 0 Å². The lowest BCUT2D eigenvalue weighted by atomic mass is 10.2. The minimum absolute atomic E-state index is 0.762. The van der Waals surface area contributed by atoms with Crippen molar-refractivity contribution in [2.45, 2.75) is 13.5 Å². The average Bonchev–Trinajstić information content (AvgIpc) is 2.59. The molecule has 0 saturated carbocycles. The van der Waals surface area contributed by atoms with Crippen molar-refractivity contribution in [2.75, 3.05) is 39.3 Å². The normalized spacial score (nSPS) is 16.2. The molecule has 3 nitrogen and oxygen atoms in total. The van der Waals surface area contributed by atoms with E-state index in [1.165, 1.54) is 14.7 Å². The van der Waals surface area contributed by atoms with Crippen molar-refractivity contribution in [1.29, 1.82) is 0 Å². The quantitative estimate of drug-likeness (QED) is 0.641. The second-order valence-corrected chi connectivity index (χ2v) is 7.55. The van der Waals surface area contributed by atoms with Crippen molar-refractivity contribution in [1.82, 2.24) is 9.80 Å². The van der Waals surface area contributed by atoms with E-state index in [9.17, 15) is 0 Å². The molecular formula is C20H25IN2O. The van der Waals surface area contributed by atoms with Crippen molar-refractivity contribution in [3.63, 3.8) is 0 Å². The van der Waals surface area contributed by atoms with Gasteiger partial charge in [-0.3, -0.25) is 9.80 Å². The Hall–Kier alpha value is -1.11. The first kappa shape index (κ1) is 17.7. The summed E-state index contributed by atoms with van der Waals surface area (Å²) < 4.78 is 7.15. The summed E-state index contributed by atoms with van der Waals surface area (Å²) in [4.78, 5) is 5.04. The van der Waals surface area contributed by atoms with E-state index in [1.54, 1.807) is 0 Å². The van der Waals surface area contributed by atoms with E-state index < -0.39 is 0 Å². The van der Waals surface area contributed by atoms with E-state index in [0.717, 1.165) is 51.6 Å². The summed E-state index contributed by atoms with van der Waals surface area (Å²) in [6, 6.07) is 17.1. The predicted octanol–water partition coefficient (Wildman–Crippen LogP) is 3.80. The average molecular weight is 436 g/mol. The number of benzene rings is 2. The molecule has 1 aliphatic heterocycles. The standard InChI is InChI=1S/C20H25IN2O/c1-17-7-8-20(19(21)15-17)24-14-13-22-9-11-23(12-10-22)16-18-5-3-2-4-6-18/h2-8,15H,9-14,16H2,1H3. The topological polar surface area (TPSA) is 15.7 Å². The van der Waals surface area contributed by atoms with Gasteiger partial charge in [0.25, 0.3) is 0 Å². The largest absolute Gasteiger partial charge is 0.491 e. The number of hydrogen-bond acceptors (Lipinski definition) is 3. The Balaban J connectivity index is 1.38. The maximum atomic E-state index is 5.95. The van der Waals surface area contributed by atoms with Gasteiger partial charge in [0.2, 0.25) is 0 Å². The molecule has 0 aromatic heterocycles. The highest BCUT2D eigenvalue weighted by atomic mass is 127.